The number of carbonyl (C=O) groups is 1. The van der Waals surface area contributed by atoms with Crippen LogP contribution in [-0.4, -0.2) is 26.4 Å². The van der Waals surface area contributed by atoms with E-state index in [1.165, 1.54) is 19.2 Å². The first-order chi connectivity index (χ1) is 12.1. The van der Waals surface area contributed by atoms with Gasteiger partial charge in [0.05, 0.1) is 7.11 Å². The summed E-state index contributed by atoms with van der Waals surface area (Å²) in [6, 6.07) is 9.35. The minimum atomic E-state index is -2.94. The Bertz CT molecular complexity index is 782. The summed E-state index contributed by atoms with van der Waals surface area (Å²) in [4.78, 5) is 12.2. The highest BCUT2D eigenvalue weighted by Crippen LogP contribution is 2.32. The van der Waals surface area contributed by atoms with Gasteiger partial charge in [0, 0.05) is 12.1 Å². The van der Waals surface area contributed by atoms with E-state index < -0.39 is 6.61 Å². The molecular formula is C17H15F2NO5. The van der Waals surface area contributed by atoms with Crippen LogP contribution in [0.5, 0.6) is 23.0 Å². The van der Waals surface area contributed by atoms with Crippen molar-refractivity contribution in [2.75, 3.05) is 13.9 Å². The van der Waals surface area contributed by atoms with Crippen LogP contribution in [0.3, 0.4) is 0 Å². The number of ether oxygens (including phenoxy) is 4. The van der Waals surface area contributed by atoms with Gasteiger partial charge in [-0.25, -0.2) is 0 Å². The number of benzene rings is 2. The van der Waals surface area contributed by atoms with Gasteiger partial charge in [0.25, 0.3) is 5.91 Å². The van der Waals surface area contributed by atoms with Crippen LogP contribution in [0.15, 0.2) is 36.4 Å². The average Bonchev–Trinajstić information content (AvgIpc) is 3.07. The molecule has 0 fully saturated rings. The van der Waals surface area contributed by atoms with E-state index in [2.05, 4.69) is 10.1 Å². The Balaban J connectivity index is 1.65. The molecule has 1 aliphatic rings. The fourth-order valence-corrected chi connectivity index (χ4v) is 2.34. The Morgan fingerprint density at radius 3 is 2.72 bits per heavy atom. The van der Waals surface area contributed by atoms with Crippen molar-refractivity contribution in [1.29, 1.82) is 0 Å². The number of alkyl halides is 2. The Morgan fingerprint density at radius 2 is 1.96 bits per heavy atom. The standard InChI is InChI=1S/C17H15F2NO5/c1-22-14-6-10(2-4-13(14)25-17(18)19)8-20-16(21)11-3-5-12-15(7-11)24-9-23-12/h2-7,17H,8-9H2,1H3,(H,20,21). The number of hydrogen-bond acceptors (Lipinski definition) is 5. The Morgan fingerprint density at radius 1 is 1.16 bits per heavy atom. The predicted octanol–water partition coefficient (Wildman–Crippen LogP) is 2.96. The van der Waals surface area contributed by atoms with E-state index >= 15 is 0 Å². The number of nitrogens with one attached hydrogen (secondary N) is 1. The van der Waals surface area contributed by atoms with Crippen LogP contribution in [0.4, 0.5) is 8.78 Å². The molecule has 0 unspecified atom stereocenters. The average molecular weight is 351 g/mol. The fraction of sp³-hybridized carbons (Fsp3) is 0.235. The molecule has 1 amide bonds. The zero-order valence-corrected chi connectivity index (χ0v) is 13.3. The molecule has 0 spiro atoms. The first kappa shape index (κ1) is 16.8. The van der Waals surface area contributed by atoms with E-state index in [0.29, 0.717) is 22.6 Å². The third-order valence-electron chi connectivity index (χ3n) is 3.53. The molecule has 2 aromatic carbocycles. The van der Waals surface area contributed by atoms with Gasteiger partial charge in [-0.15, -0.1) is 0 Å². The first-order valence-electron chi connectivity index (χ1n) is 7.36. The SMILES string of the molecule is COc1cc(CNC(=O)c2ccc3c(c2)OCO3)ccc1OC(F)F. The molecule has 3 rings (SSSR count). The van der Waals surface area contributed by atoms with Crippen LogP contribution in [0.25, 0.3) is 0 Å². The molecule has 0 saturated heterocycles. The smallest absolute Gasteiger partial charge is 0.387 e. The van der Waals surface area contributed by atoms with Gasteiger partial charge in [-0.3, -0.25) is 4.79 Å². The van der Waals surface area contributed by atoms with E-state index in [0.717, 1.165) is 0 Å². The molecular weight excluding hydrogens is 336 g/mol. The van der Waals surface area contributed by atoms with Crippen LogP contribution in [0, 0.1) is 0 Å². The second-order valence-corrected chi connectivity index (χ2v) is 5.11. The van der Waals surface area contributed by atoms with Gasteiger partial charge in [-0.2, -0.15) is 8.78 Å². The lowest BCUT2D eigenvalue weighted by atomic mass is 10.1. The second kappa shape index (κ2) is 7.25. The molecule has 6 nitrogen and oxygen atoms in total. The number of fused-ring (bicyclic) bond motifs is 1. The zero-order valence-electron chi connectivity index (χ0n) is 13.3. The van der Waals surface area contributed by atoms with Gasteiger partial charge in [0.15, 0.2) is 23.0 Å². The Hall–Kier alpha value is -3.03. The summed E-state index contributed by atoms with van der Waals surface area (Å²) in [6.45, 7) is -2.61. The van der Waals surface area contributed by atoms with E-state index in [4.69, 9.17) is 14.2 Å². The van der Waals surface area contributed by atoms with E-state index in [9.17, 15) is 13.6 Å². The maximum absolute atomic E-state index is 12.3. The molecule has 0 aromatic heterocycles. The summed E-state index contributed by atoms with van der Waals surface area (Å²) in [5.41, 5.74) is 1.10. The molecule has 132 valence electrons. The lowest BCUT2D eigenvalue weighted by Crippen LogP contribution is -2.22. The van der Waals surface area contributed by atoms with Crippen LogP contribution >= 0.6 is 0 Å². The molecule has 0 saturated carbocycles. The molecule has 1 heterocycles. The molecule has 1 N–H and O–H groups in total. The van der Waals surface area contributed by atoms with E-state index in [-0.39, 0.29) is 30.7 Å². The van der Waals surface area contributed by atoms with Crippen molar-refractivity contribution < 1.29 is 32.5 Å². The predicted molar refractivity (Wildman–Crippen MR) is 83.4 cm³/mol. The number of halogens is 2. The van der Waals surface area contributed by atoms with Gasteiger partial charge in [0.2, 0.25) is 6.79 Å². The van der Waals surface area contributed by atoms with Crippen LogP contribution in [-0.2, 0) is 6.54 Å². The molecule has 0 aliphatic carbocycles. The van der Waals surface area contributed by atoms with Crippen molar-refractivity contribution in [3.8, 4) is 23.0 Å². The van der Waals surface area contributed by atoms with Crippen molar-refractivity contribution in [3.05, 3.63) is 47.5 Å². The monoisotopic (exact) mass is 351 g/mol. The first-order valence-corrected chi connectivity index (χ1v) is 7.36. The summed E-state index contributed by atoms with van der Waals surface area (Å²) >= 11 is 0. The quantitative estimate of drug-likeness (QED) is 0.867. The van der Waals surface area contributed by atoms with Crippen molar-refractivity contribution in [2.24, 2.45) is 0 Å². The summed E-state index contributed by atoms with van der Waals surface area (Å²) < 4.78 is 44.5. The Kier molecular flexibility index (Phi) is 4.87. The van der Waals surface area contributed by atoms with Crippen LogP contribution in [0.2, 0.25) is 0 Å². The van der Waals surface area contributed by atoms with Gasteiger partial charge in [0.1, 0.15) is 0 Å². The summed E-state index contributed by atoms with van der Waals surface area (Å²) in [6.07, 6.45) is 0. The minimum absolute atomic E-state index is 0.0663. The lowest BCUT2D eigenvalue weighted by Gasteiger charge is -2.12. The highest BCUT2D eigenvalue weighted by atomic mass is 19.3. The van der Waals surface area contributed by atoms with Crippen molar-refractivity contribution in [1.82, 2.24) is 5.32 Å². The fourth-order valence-electron chi connectivity index (χ4n) is 2.34. The highest BCUT2D eigenvalue weighted by molar-refractivity contribution is 5.94. The van der Waals surface area contributed by atoms with E-state index in [1.807, 2.05) is 0 Å². The number of hydrogen-bond donors (Lipinski definition) is 1. The molecule has 0 atom stereocenters. The molecule has 2 aromatic rings. The lowest BCUT2D eigenvalue weighted by molar-refractivity contribution is -0.0512. The molecule has 0 radical (unpaired) electrons. The third-order valence-corrected chi connectivity index (χ3v) is 3.53. The maximum atomic E-state index is 12.3. The molecule has 25 heavy (non-hydrogen) atoms. The van der Waals surface area contributed by atoms with E-state index in [1.54, 1.807) is 24.3 Å². The number of methoxy groups -OCH3 is 1. The highest BCUT2D eigenvalue weighted by Gasteiger charge is 2.16. The normalized spacial score (nSPS) is 12.2. The molecule has 0 bridgehead atoms. The zero-order chi connectivity index (χ0) is 17.8. The van der Waals surface area contributed by atoms with Crippen molar-refractivity contribution >= 4 is 5.91 Å². The topological polar surface area (TPSA) is 66.0 Å². The second-order valence-electron chi connectivity index (χ2n) is 5.11. The third kappa shape index (κ3) is 3.90. The Labute approximate surface area is 142 Å². The largest absolute Gasteiger partial charge is 0.493 e. The maximum Gasteiger partial charge on any atom is 0.387 e. The summed E-state index contributed by atoms with van der Waals surface area (Å²) in [7, 11) is 1.35. The van der Waals surface area contributed by atoms with Gasteiger partial charge >= 0.3 is 6.61 Å². The summed E-state index contributed by atoms with van der Waals surface area (Å²) in [5.74, 6) is 0.905. The van der Waals surface area contributed by atoms with Gasteiger partial charge < -0.3 is 24.3 Å². The number of amides is 1. The molecule has 1 aliphatic heterocycles. The van der Waals surface area contributed by atoms with Crippen LogP contribution in [0.1, 0.15) is 15.9 Å². The number of carbonyl (C=O) groups excluding carboxylic acids is 1. The van der Waals surface area contributed by atoms with Crippen molar-refractivity contribution in [3.63, 3.8) is 0 Å². The van der Waals surface area contributed by atoms with Gasteiger partial charge in [-0.1, -0.05) is 6.07 Å². The molecule has 8 heteroatoms. The van der Waals surface area contributed by atoms with Crippen LogP contribution < -0.4 is 24.3 Å². The minimum Gasteiger partial charge on any atom is -0.493 e. The van der Waals surface area contributed by atoms with Crippen molar-refractivity contribution in [2.45, 2.75) is 13.2 Å². The summed E-state index contributed by atoms with van der Waals surface area (Å²) in [5, 5.41) is 2.74. The number of rotatable bonds is 6. The van der Waals surface area contributed by atoms with Gasteiger partial charge in [-0.05, 0) is 35.9 Å².